The van der Waals surface area contributed by atoms with E-state index < -0.39 is 23.5 Å². The van der Waals surface area contributed by atoms with Gasteiger partial charge in [0.1, 0.15) is 18.2 Å². The number of anilines is 1. The van der Waals surface area contributed by atoms with Gasteiger partial charge in [0.2, 0.25) is 0 Å². The number of ether oxygens (including phenoxy) is 1. The quantitative estimate of drug-likeness (QED) is 0.277. The van der Waals surface area contributed by atoms with E-state index in [9.17, 15) is 27.2 Å². The smallest absolute Gasteiger partial charge is 0.416 e. The minimum atomic E-state index is -4.63. The van der Waals surface area contributed by atoms with Gasteiger partial charge in [0.15, 0.2) is 0 Å². The van der Waals surface area contributed by atoms with Gasteiger partial charge in [-0.15, -0.1) is 0 Å². The molecular formula is C27H27F4N3O4. The lowest BCUT2D eigenvalue weighted by Crippen LogP contribution is -2.32. The summed E-state index contributed by atoms with van der Waals surface area (Å²) in [6, 6.07) is 11.9. The molecule has 3 aromatic rings. The lowest BCUT2D eigenvalue weighted by molar-refractivity contribution is -0.138. The highest BCUT2D eigenvalue weighted by Gasteiger charge is 2.31. The van der Waals surface area contributed by atoms with E-state index in [1.807, 2.05) is 13.8 Å². The molecule has 3 N–H and O–H groups in total. The van der Waals surface area contributed by atoms with Crippen molar-refractivity contribution in [1.29, 1.82) is 0 Å². The largest absolute Gasteiger partial charge is 0.490 e. The van der Waals surface area contributed by atoms with Crippen LogP contribution in [0, 0.1) is 11.7 Å². The Balaban J connectivity index is 1.58. The van der Waals surface area contributed by atoms with Crippen molar-refractivity contribution in [3.63, 3.8) is 0 Å². The summed E-state index contributed by atoms with van der Waals surface area (Å²) in [5.41, 5.74) is 0.202. The first-order valence-electron chi connectivity index (χ1n) is 11.8. The van der Waals surface area contributed by atoms with Gasteiger partial charge in [-0.3, -0.25) is 14.6 Å². The van der Waals surface area contributed by atoms with Gasteiger partial charge in [-0.2, -0.15) is 13.2 Å². The van der Waals surface area contributed by atoms with Crippen molar-refractivity contribution in [3.05, 3.63) is 77.7 Å². The fourth-order valence-electron chi connectivity index (χ4n) is 3.43. The van der Waals surface area contributed by atoms with Crippen molar-refractivity contribution in [2.45, 2.75) is 32.5 Å². The number of nitrogens with one attached hydrogen (secondary N) is 2. The predicted molar refractivity (Wildman–Crippen MR) is 133 cm³/mol. The first-order chi connectivity index (χ1) is 17.9. The second-order valence-corrected chi connectivity index (χ2v) is 8.85. The van der Waals surface area contributed by atoms with Crippen LogP contribution in [0.5, 0.6) is 5.75 Å². The summed E-state index contributed by atoms with van der Waals surface area (Å²) in [6.07, 6.45) is -3.42. The van der Waals surface area contributed by atoms with Gasteiger partial charge < -0.3 is 20.5 Å². The third-order valence-electron chi connectivity index (χ3n) is 5.67. The number of carboxylic acid groups (broad SMARTS) is 1. The molecule has 0 saturated heterocycles. The summed E-state index contributed by atoms with van der Waals surface area (Å²) >= 11 is 0. The molecule has 0 fully saturated rings. The van der Waals surface area contributed by atoms with Crippen LogP contribution in [0.2, 0.25) is 0 Å². The first kappa shape index (κ1) is 28.4. The molecule has 2 aromatic carbocycles. The van der Waals surface area contributed by atoms with Crippen LogP contribution in [0.4, 0.5) is 23.2 Å². The average Bonchev–Trinajstić information content (AvgIpc) is 2.86. The molecule has 0 saturated carbocycles. The maximum Gasteiger partial charge on any atom is 0.416 e. The van der Waals surface area contributed by atoms with Gasteiger partial charge in [0.25, 0.3) is 5.91 Å². The Labute approximate surface area is 216 Å². The number of aromatic nitrogens is 1. The van der Waals surface area contributed by atoms with Gasteiger partial charge in [0.05, 0.1) is 29.9 Å². The normalized spacial score (nSPS) is 12.2. The molecule has 1 atom stereocenters. The molecule has 0 spiro atoms. The number of carboxylic acids is 1. The van der Waals surface area contributed by atoms with Gasteiger partial charge in [-0.1, -0.05) is 13.8 Å². The molecule has 202 valence electrons. The summed E-state index contributed by atoms with van der Waals surface area (Å²) in [7, 11) is 0. The molecule has 38 heavy (non-hydrogen) atoms. The number of benzene rings is 2. The van der Waals surface area contributed by atoms with Gasteiger partial charge in [0, 0.05) is 23.4 Å². The fourth-order valence-corrected chi connectivity index (χ4v) is 3.43. The number of rotatable bonds is 11. The highest BCUT2D eigenvalue weighted by Crippen LogP contribution is 2.32. The Kier molecular flexibility index (Phi) is 9.27. The van der Waals surface area contributed by atoms with Crippen LogP contribution in [0.15, 0.2) is 60.8 Å². The minimum Gasteiger partial charge on any atom is -0.490 e. The molecule has 0 radical (unpaired) electrons. The van der Waals surface area contributed by atoms with Crippen LogP contribution in [0.25, 0.3) is 11.3 Å². The van der Waals surface area contributed by atoms with E-state index in [1.165, 1.54) is 12.3 Å². The van der Waals surface area contributed by atoms with Crippen LogP contribution in [-0.2, 0) is 11.0 Å². The van der Waals surface area contributed by atoms with Crippen LogP contribution in [0.3, 0.4) is 0 Å². The second-order valence-electron chi connectivity index (χ2n) is 8.85. The molecule has 0 aliphatic rings. The maximum absolute atomic E-state index is 14.2. The number of nitrogens with zero attached hydrogens (tertiary/aromatic N) is 1. The number of pyridine rings is 1. The molecule has 0 bridgehead atoms. The van der Waals surface area contributed by atoms with Crippen molar-refractivity contribution in [1.82, 2.24) is 10.3 Å². The summed E-state index contributed by atoms with van der Waals surface area (Å²) in [5, 5.41) is 14.5. The molecule has 0 aliphatic carbocycles. The number of carbonyl (C=O) groups is 2. The molecule has 3 rings (SSSR count). The van der Waals surface area contributed by atoms with Gasteiger partial charge >= 0.3 is 12.1 Å². The zero-order valence-electron chi connectivity index (χ0n) is 20.7. The molecule has 7 nitrogen and oxygen atoms in total. The zero-order chi connectivity index (χ0) is 27.9. The standard InChI is InChI=1S/C27H27F4N3O4/c1-16(2)24(34-19-6-3-17(4-7-19)26(37)32-12-11-25(35)36)15-38-20-8-10-23(33-14-20)21-9-5-18(13-22(21)28)27(29,30)31/h3-10,13-14,16,24,34H,11-12,15H2,1-2H3,(H,32,37)(H,35,36)/t24-/m1/s1. The number of halogens is 4. The van der Waals surface area contributed by atoms with Crippen molar-refractivity contribution in [3.8, 4) is 17.0 Å². The van der Waals surface area contributed by atoms with Crippen molar-refractivity contribution < 1.29 is 37.0 Å². The molecule has 0 unspecified atom stereocenters. The number of aliphatic carboxylic acids is 1. The molecule has 11 heteroatoms. The van der Waals surface area contributed by atoms with E-state index >= 15 is 0 Å². The summed E-state index contributed by atoms with van der Waals surface area (Å²) in [6.45, 7) is 4.29. The van der Waals surface area contributed by atoms with Crippen molar-refractivity contribution >= 4 is 17.6 Å². The van der Waals surface area contributed by atoms with Crippen LogP contribution >= 0.6 is 0 Å². The Morgan fingerprint density at radius 2 is 1.76 bits per heavy atom. The Morgan fingerprint density at radius 1 is 1.05 bits per heavy atom. The summed E-state index contributed by atoms with van der Waals surface area (Å²) in [5.74, 6) is -1.82. The number of hydrogen-bond acceptors (Lipinski definition) is 5. The number of carbonyl (C=O) groups excluding carboxylic acids is 1. The van der Waals surface area contributed by atoms with E-state index in [0.717, 1.165) is 17.8 Å². The maximum atomic E-state index is 14.2. The van der Waals surface area contributed by atoms with Gasteiger partial charge in [-0.05, 0) is 60.5 Å². The number of hydrogen-bond donors (Lipinski definition) is 3. The third-order valence-corrected chi connectivity index (χ3v) is 5.67. The highest BCUT2D eigenvalue weighted by molar-refractivity contribution is 5.94. The van der Waals surface area contributed by atoms with Crippen LogP contribution < -0.4 is 15.4 Å². The van der Waals surface area contributed by atoms with Crippen molar-refractivity contribution in [2.24, 2.45) is 5.92 Å². The molecule has 0 aliphatic heterocycles. The molecule has 1 aromatic heterocycles. The molecule has 1 heterocycles. The Morgan fingerprint density at radius 3 is 2.32 bits per heavy atom. The van der Waals surface area contributed by atoms with Gasteiger partial charge in [-0.25, -0.2) is 4.39 Å². The topological polar surface area (TPSA) is 101 Å². The fraction of sp³-hybridized carbons (Fsp3) is 0.296. The average molecular weight is 534 g/mol. The van der Waals surface area contributed by atoms with E-state index in [4.69, 9.17) is 9.84 Å². The SMILES string of the molecule is CC(C)[C@@H](COc1ccc(-c2ccc(C(F)(F)F)cc2F)nc1)Nc1ccc(C(=O)NCCC(=O)O)cc1. The van der Waals surface area contributed by atoms with Crippen molar-refractivity contribution in [2.75, 3.05) is 18.5 Å². The number of amides is 1. The first-order valence-corrected chi connectivity index (χ1v) is 11.8. The molecular weight excluding hydrogens is 506 g/mol. The Hall–Kier alpha value is -4.15. The highest BCUT2D eigenvalue weighted by atomic mass is 19.4. The van der Waals surface area contributed by atoms with E-state index in [0.29, 0.717) is 17.4 Å². The summed E-state index contributed by atoms with van der Waals surface area (Å²) in [4.78, 5) is 26.8. The van der Waals surface area contributed by atoms with E-state index in [2.05, 4.69) is 15.6 Å². The summed E-state index contributed by atoms with van der Waals surface area (Å²) < 4.78 is 58.4. The molecule has 1 amide bonds. The lowest BCUT2D eigenvalue weighted by atomic mass is 10.0. The van der Waals surface area contributed by atoms with E-state index in [1.54, 1.807) is 30.3 Å². The van der Waals surface area contributed by atoms with Crippen LogP contribution in [0.1, 0.15) is 36.2 Å². The monoisotopic (exact) mass is 533 g/mol. The second kappa shape index (κ2) is 12.4. The lowest BCUT2D eigenvalue weighted by Gasteiger charge is -2.24. The van der Waals surface area contributed by atoms with E-state index in [-0.39, 0.29) is 48.7 Å². The third kappa shape index (κ3) is 7.92. The van der Waals surface area contributed by atoms with Crippen LogP contribution in [-0.4, -0.2) is 41.2 Å². The number of alkyl halides is 3. The predicted octanol–water partition coefficient (Wildman–Crippen LogP) is 5.63. The minimum absolute atomic E-state index is 0.0377. The Bertz CT molecular complexity index is 1250. The zero-order valence-corrected chi connectivity index (χ0v) is 20.7.